The van der Waals surface area contributed by atoms with Crippen LogP contribution in [0.15, 0.2) is 19.2 Å². The van der Waals surface area contributed by atoms with Gasteiger partial charge in [-0.3, -0.25) is 19.2 Å². The number of hydrogen-bond acceptors (Lipinski definition) is 6. The van der Waals surface area contributed by atoms with Crippen LogP contribution in [0.3, 0.4) is 0 Å². The van der Waals surface area contributed by atoms with Crippen LogP contribution < -0.4 is 21.8 Å². The van der Waals surface area contributed by atoms with Crippen molar-refractivity contribution in [2.24, 2.45) is 0 Å². The van der Waals surface area contributed by atoms with Gasteiger partial charge in [-0.25, -0.2) is 4.79 Å². The van der Waals surface area contributed by atoms with Crippen molar-refractivity contribution < 1.29 is 26.3 Å². The van der Waals surface area contributed by atoms with Crippen LogP contribution in [0.1, 0.15) is 10.5 Å². The maximum atomic E-state index is 10.7. The Labute approximate surface area is 85.1 Å². The molecule has 0 amide bonds. The van der Waals surface area contributed by atoms with Crippen molar-refractivity contribution in [2.45, 2.75) is 0 Å². The first-order valence-corrected chi connectivity index (χ1v) is 2.94. The van der Waals surface area contributed by atoms with E-state index in [1.807, 2.05) is 0 Å². The van der Waals surface area contributed by atoms with Crippen LogP contribution in [0.4, 0.5) is 0 Å². The van der Waals surface area contributed by atoms with E-state index in [9.17, 15) is 24.0 Å². The SMILES string of the molecule is O.O.O.O=C(O)c1nc(=O)c(=O)c(=O)c1=O. The standard InChI is InChI=1S/C6HNO6.3H2O/c8-2-1(6(12)13)7-5(11)4(10)3(2)9;;;/h(H,12,13);3*1H2. The maximum absolute atomic E-state index is 10.7. The zero-order valence-corrected chi connectivity index (χ0v) is 7.44. The number of carboxylic acid groups (broad SMARTS) is 1. The number of rotatable bonds is 1. The first-order chi connectivity index (χ1) is 5.95. The lowest BCUT2D eigenvalue weighted by molar-refractivity contribution is 0.0688. The molecule has 10 nitrogen and oxygen atoms in total. The largest absolute Gasteiger partial charge is 0.476 e. The number of carboxylic acids is 1. The number of carbonyl (C=O) groups is 1. The molecule has 7 N–H and O–H groups in total. The minimum atomic E-state index is -1.81. The summed E-state index contributed by atoms with van der Waals surface area (Å²) in [5, 5.41) is 8.26. The van der Waals surface area contributed by atoms with Gasteiger partial charge in [0.15, 0.2) is 0 Å². The lowest BCUT2D eigenvalue weighted by Gasteiger charge is -1.85. The predicted molar refractivity (Wildman–Crippen MR) is 49.5 cm³/mol. The van der Waals surface area contributed by atoms with Gasteiger partial charge >= 0.3 is 11.5 Å². The molecule has 0 aliphatic rings. The summed E-state index contributed by atoms with van der Waals surface area (Å²) in [6.45, 7) is 0. The van der Waals surface area contributed by atoms with Crippen molar-refractivity contribution >= 4 is 5.97 Å². The van der Waals surface area contributed by atoms with E-state index in [4.69, 9.17) is 5.11 Å². The quantitative estimate of drug-likeness (QED) is 0.467. The van der Waals surface area contributed by atoms with Gasteiger partial charge in [-0.2, -0.15) is 4.98 Å². The molecule has 16 heavy (non-hydrogen) atoms. The summed E-state index contributed by atoms with van der Waals surface area (Å²) in [7, 11) is 0. The smallest absolute Gasteiger partial charge is 0.358 e. The Bertz CT molecular complexity index is 567. The summed E-state index contributed by atoms with van der Waals surface area (Å²) >= 11 is 0. The van der Waals surface area contributed by atoms with E-state index in [0.717, 1.165) is 0 Å². The molecule has 0 unspecified atom stereocenters. The molecule has 0 saturated heterocycles. The Hall–Kier alpha value is -2.30. The molecule has 90 valence electrons. The van der Waals surface area contributed by atoms with E-state index in [-0.39, 0.29) is 16.4 Å². The lowest BCUT2D eigenvalue weighted by atomic mass is 10.3. The number of aromatic carboxylic acids is 1. The van der Waals surface area contributed by atoms with Crippen LogP contribution in [-0.4, -0.2) is 32.5 Å². The molecular weight excluding hydrogens is 230 g/mol. The zero-order chi connectivity index (χ0) is 10.2. The lowest BCUT2D eigenvalue weighted by Crippen LogP contribution is -2.50. The van der Waals surface area contributed by atoms with E-state index < -0.39 is 33.5 Å². The number of pyridine rings is 1. The Balaban J connectivity index is -0.000000563. The molecule has 0 saturated carbocycles. The number of nitrogens with zero attached hydrogens (tertiary/aromatic N) is 1. The Morgan fingerprint density at radius 3 is 1.69 bits per heavy atom. The zero-order valence-electron chi connectivity index (χ0n) is 7.44. The molecule has 0 aromatic carbocycles. The Morgan fingerprint density at radius 1 is 0.875 bits per heavy atom. The second kappa shape index (κ2) is 6.23. The summed E-state index contributed by atoms with van der Waals surface area (Å²) in [6.07, 6.45) is 0. The van der Waals surface area contributed by atoms with Crippen molar-refractivity contribution in [2.75, 3.05) is 0 Å². The monoisotopic (exact) mass is 237 g/mol. The Morgan fingerprint density at radius 2 is 1.31 bits per heavy atom. The van der Waals surface area contributed by atoms with Gasteiger partial charge < -0.3 is 21.5 Å². The molecule has 1 aromatic heterocycles. The molecule has 0 spiro atoms. The highest BCUT2D eigenvalue weighted by molar-refractivity contribution is 5.84. The summed E-state index contributed by atoms with van der Waals surface area (Å²) in [5.41, 5.74) is -7.55. The van der Waals surface area contributed by atoms with E-state index in [1.54, 1.807) is 0 Å². The highest BCUT2D eigenvalue weighted by atomic mass is 16.4. The highest BCUT2D eigenvalue weighted by Gasteiger charge is 2.17. The third-order valence-electron chi connectivity index (χ3n) is 1.24. The molecule has 0 fully saturated rings. The van der Waals surface area contributed by atoms with Crippen molar-refractivity contribution in [3.8, 4) is 0 Å². The maximum Gasteiger partial charge on any atom is 0.358 e. The number of hydrogen-bond donors (Lipinski definition) is 1. The minimum absolute atomic E-state index is 0. The summed E-state index contributed by atoms with van der Waals surface area (Å²) in [4.78, 5) is 55.1. The molecular formula is C6H7NO9. The van der Waals surface area contributed by atoms with Crippen LogP contribution in [0, 0.1) is 0 Å². The van der Waals surface area contributed by atoms with Crippen molar-refractivity contribution in [3.05, 3.63) is 46.7 Å². The third-order valence-corrected chi connectivity index (χ3v) is 1.24. The van der Waals surface area contributed by atoms with Gasteiger partial charge in [0.1, 0.15) is 0 Å². The fraction of sp³-hybridized carbons (Fsp3) is 0. The average molecular weight is 237 g/mol. The second-order valence-corrected chi connectivity index (χ2v) is 2.06. The van der Waals surface area contributed by atoms with E-state index in [2.05, 4.69) is 4.98 Å². The number of aromatic nitrogens is 1. The first kappa shape index (κ1) is 19.3. The molecule has 10 heteroatoms. The van der Waals surface area contributed by atoms with Crippen LogP contribution in [0.5, 0.6) is 0 Å². The molecule has 1 heterocycles. The fourth-order valence-corrected chi connectivity index (χ4v) is 0.656. The Kier molecular flexibility index (Phi) is 7.52. The van der Waals surface area contributed by atoms with E-state index in [1.165, 1.54) is 0 Å². The predicted octanol–water partition coefficient (Wildman–Crippen LogP) is -5.38. The molecule has 0 aliphatic carbocycles. The van der Waals surface area contributed by atoms with Crippen molar-refractivity contribution in [3.63, 3.8) is 0 Å². The van der Waals surface area contributed by atoms with Crippen LogP contribution in [-0.2, 0) is 0 Å². The van der Waals surface area contributed by atoms with Gasteiger partial charge in [-0.1, -0.05) is 0 Å². The molecule has 0 aliphatic heterocycles. The van der Waals surface area contributed by atoms with Gasteiger partial charge in [0, 0.05) is 0 Å². The van der Waals surface area contributed by atoms with Gasteiger partial charge in [0.25, 0.3) is 16.3 Å². The molecule has 1 rings (SSSR count). The van der Waals surface area contributed by atoms with E-state index >= 15 is 0 Å². The topological polar surface area (TPSA) is 213 Å². The van der Waals surface area contributed by atoms with Crippen LogP contribution in [0.2, 0.25) is 0 Å². The van der Waals surface area contributed by atoms with Crippen molar-refractivity contribution in [1.29, 1.82) is 0 Å². The summed E-state index contributed by atoms with van der Waals surface area (Å²) in [6, 6.07) is 0. The van der Waals surface area contributed by atoms with E-state index in [0.29, 0.717) is 0 Å². The summed E-state index contributed by atoms with van der Waals surface area (Å²) < 4.78 is 0. The van der Waals surface area contributed by atoms with Gasteiger partial charge in [-0.15, -0.1) is 0 Å². The first-order valence-electron chi connectivity index (χ1n) is 2.94. The molecule has 0 atom stereocenters. The molecule has 1 aromatic rings. The second-order valence-electron chi connectivity index (χ2n) is 2.06. The minimum Gasteiger partial charge on any atom is -0.476 e. The fourth-order valence-electron chi connectivity index (χ4n) is 0.656. The normalized spacial score (nSPS) is 8.00. The average Bonchev–Trinajstić information content (AvgIpc) is 2.07. The van der Waals surface area contributed by atoms with Gasteiger partial charge in [-0.05, 0) is 0 Å². The molecule has 0 radical (unpaired) electrons. The van der Waals surface area contributed by atoms with Gasteiger partial charge in [0.2, 0.25) is 5.69 Å². The van der Waals surface area contributed by atoms with Crippen LogP contribution >= 0.6 is 0 Å². The summed E-state index contributed by atoms with van der Waals surface area (Å²) in [5.74, 6) is -1.81. The van der Waals surface area contributed by atoms with Crippen LogP contribution in [0.25, 0.3) is 0 Å². The highest BCUT2D eigenvalue weighted by Crippen LogP contribution is 1.74. The van der Waals surface area contributed by atoms with Gasteiger partial charge in [0.05, 0.1) is 0 Å². The van der Waals surface area contributed by atoms with Crippen molar-refractivity contribution in [1.82, 2.24) is 4.98 Å². The third kappa shape index (κ3) is 2.84. The molecule has 0 bridgehead atoms.